The van der Waals surface area contributed by atoms with Gasteiger partial charge in [-0.15, -0.1) is 0 Å². The van der Waals surface area contributed by atoms with Crippen LogP contribution in [0, 0.1) is 0 Å². The third-order valence-electron chi connectivity index (χ3n) is 3.23. The molecule has 0 radical (unpaired) electrons. The minimum absolute atomic E-state index is 0.743. The van der Waals surface area contributed by atoms with Crippen molar-refractivity contribution in [2.24, 2.45) is 0 Å². The lowest BCUT2D eigenvalue weighted by molar-refractivity contribution is 0.688. The highest BCUT2D eigenvalue weighted by atomic mass is 32.2. The normalized spacial score (nSPS) is 10.8. The van der Waals surface area contributed by atoms with Crippen LogP contribution in [0.2, 0.25) is 0 Å². The molecule has 0 saturated heterocycles. The quantitative estimate of drug-likeness (QED) is 0.575. The molecule has 4 nitrogen and oxygen atoms in total. The number of nitrogen functional groups attached to an aromatic ring is 1. The number of nitrogens with two attached hydrogens (primary N) is 1. The van der Waals surface area contributed by atoms with E-state index in [1.54, 1.807) is 6.33 Å². The first-order chi connectivity index (χ1) is 9.81. The van der Waals surface area contributed by atoms with E-state index in [1.165, 1.54) is 31.4 Å². The average Bonchev–Trinajstić information content (AvgIpc) is 2.46. The zero-order valence-electron chi connectivity index (χ0n) is 11.9. The van der Waals surface area contributed by atoms with Crippen LogP contribution in [0.5, 0.6) is 0 Å². The highest BCUT2D eigenvalue weighted by Gasteiger charge is 2.03. The fourth-order valence-electron chi connectivity index (χ4n) is 2.15. The molecule has 0 aliphatic carbocycles. The van der Waals surface area contributed by atoms with E-state index in [4.69, 9.17) is 5.73 Å². The molecule has 0 fully saturated rings. The Balaban J connectivity index is 1.85. The second-order valence-corrected chi connectivity index (χ2v) is 5.82. The first-order valence-corrected chi connectivity index (χ1v) is 8.43. The standard InChI is InChI=1S/C15H22N4S/c1-20-9-5-3-2-4-8-17-15-13-10-12(16)6-7-14(13)18-11-19-15/h6-7,10-11H,2-5,8-9,16H2,1H3,(H,17,18,19). The molecule has 20 heavy (non-hydrogen) atoms. The van der Waals surface area contributed by atoms with Gasteiger partial charge in [-0.25, -0.2) is 9.97 Å². The number of nitrogens with zero attached hydrogens (tertiary/aromatic N) is 2. The van der Waals surface area contributed by atoms with Crippen LogP contribution in [-0.2, 0) is 0 Å². The lowest BCUT2D eigenvalue weighted by atomic mass is 10.2. The summed E-state index contributed by atoms with van der Waals surface area (Å²) in [5.41, 5.74) is 7.50. The smallest absolute Gasteiger partial charge is 0.137 e. The zero-order chi connectivity index (χ0) is 14.2. The van der Waals surface area contributed by atoms with E-state index in [1.807, 2.05) is 30.0 Å². The van der Waals surface area contributed by atoms with Crippen LogP contribution in [0.15, 0.2) is 24.5 Å². The fraction of sp³-hybridized carbons (Fsp3) is 0.467. The molecule has 1 heterocycles. The molecule has 5 heteroatoms. The molecule has 0 bridgehead atoms. The van der Waals surface area contributed by atoms with Crippen LogP contribution in [0.3, 0.4) is 0 Å². The molecule has 3 N–H and O–H groups in total. The number of hydrogen-bond acceptors (Lipinski definition) is 5. The second-order valence-electron chi connectivity index (χ2n) is 4.83. The number of aromatic nitrogens is 2. The summed E-state index contributed by atoms with van der Waals surface area (Å²) >= 11 is 1.92. The number of nitrogens with one attached hydrogen (secondary N) is 1. The highest BCUT2D eigenvalue weighted by Crippen LogP contribution is 2.21. The predicted molar refractivity (Wildman–Crippen MR) is 89.3 cm³/mol. The summed E-state index contributed by atoms with van der Waals surface area (Å²) in [7, 11) is 0. The van der Waals surface area contributed by atoms with Crippen molar-refractivity contribution in [2.75, 3.05) is 29.6 Å². The van der Waals surface area contributed by atoms with Gasteiger partial charge in [-0.05, 0) is 43.0 Å². The Morgan fingerprint density at radius 1 is 1.15 bits per heavy atom. The SMILES string of the molecule is CSCCCCCCNc1ncnc2ccc(N)cc12. The Bertz CT molecular complexity index is 544. The molecule has 0 amide bonds. The lowest BCUT2D eigenvalue weighted by Crippen LogP contribution is -2.04. The summed E-state index contributed by atoms with van der Waals surface area (Å²) in [6.07, 6.45) is 8.81. The molecule has 1 aromatic carbocycles. The van der Waals surface area contributed by atoms with E-state index in [0.717, 1.165) is 29.0 Å². The number of unbranched alkanes of at least 4 members (excludes halogenated alkanes) is 3. The summed E-state index contributed by atoms with van der Waals surface area (Å²) in [6, 6.07) is 5.72. The van der Waals surface area contributed by atoms with Gasteiger partial charge in [-0.3, -0.25) is 0 Å². The molecule has 108 valence electrons. The van der Waals surface area contributed by atoms with Crippen molar-refractivity contribution in [3.8, 4) is 0 Å². The van der Waals surface area contributed by atoms with Crippen LogP contribution < -0.4 is 11.1 Å². The summed E-state index contributed by atoms with van der Waals surface area (Å²) in [4.78, 5) is 8.57. The molecule has 0 saturated carbocycles. The summed E-state index contributed by atoms with van der Waals surface area (Å²) in [6.45, 7) is 0.945. The number of benzene rings is 1. The van der Waals surface area contributed by atoms with Gasteiger partial charge in [0.2, 0.25) is 0 Å². The van der Waals surface area contributed by atoms with Gasteiger partial charge in [0, 0.05) is 17.6 Å². The van der Waals surface area contributed by atoms with Crippen LogP contribution in [0.25, 0.3) is 10.9 Å². The Hall–Kier alpha value is -1.49. The first-order valence-electron chi connectivity index (χ1n) is 7.04. The summed E-state index contributed by atoms with van der Waals surface area (Å²) in [5, 5.41) is 4.39. The van der Waals surface area contributed by atoms with Crippen LogP contribution >= 0.6 is 11.8 Å². The molecule has 1 aromatic heterocycles. The van der Waals surface area contributed by atoms with E-state index >= 15 is 0 Å². The topological polar surface area (TPSA) is 63.8 Å². The van der Waals surface area contributed by atoms with Gasteiger partial charge in [0.25, 0.3) is 0 Å². The Morgan fingerprint density at radius 3 is 2.85 bits per heavy atom. The van der Waals surface area contributed by atoms with E-state index in [0.29, 0.717) is 0 Å². The van der Waals surface area contributed by atoms with E-state index in [-0.39, 0.29) is 0 Å². The van der Waals surface area contributed by atoms with Crippen LogP contribution in [0.4, 0.5) is 11.5 Å². The number of hydrogen-bond donors (Lipinski definition) is 2. The lowest BCUT2D eigenvalue weighted by Gasteiger charge is -2.08. The maximum absolute atomic E-state index is 5.83. The van der Waals surface area contributed by atoms with Gasteiger partial charge in [0.1, 0.15) is 12.1 Å². The highest BCUT2D eigenvalue weighted by molar-refractivity contribution is 7.98. The molecule has 0 aliphatic heterocycles. The summed E-state index contributed by atoms with van der Waals surface area (Å²) in [5.74, 6) is 2.15. The molecule has 0 spiro atoms. The first kappa shape index (κ1) is 14.9. The third kappa shape index (κ3) is 4.27. The number of rotatable bonds is 8. The van der Waals surface area contributed by atoms with Gasteiger partial charge in [0.15, 0.2) is 0 Å². The third-order valence-corrected chi connectivity index (χ3v) is 3.92. The fourth-order valence-corrected chi connectivity index (χ4v) is 2.64. The van der Waals surface area contributed by atoms with Gasteiger partial charge < -0.3 is 11.1 Å². The molecular weight excluding hydrogens is 268 g/mol. The average molecular weight is 290 g/mol. The maximum atomic E-state index is 5.83. The van der Waals surface area contributed by atoms with Gasteiger partial charge >= 0.3 is 0 Å². The van der Waals surface area contributed by atoms with E-state index in [2.05, 4.69) is 21.5 Å². The van der Waals surface area contributed by atoms with Crippen molar-refractivity contribution in [1.82, 2.24) is 9.97 Å². The van der Waals surface area contributed by atoms with Crippen LogP contribution in [-0.4, -0.2) is 28.5 Å². The number of thioether (sulfide) groups is 1. The molecule has 0 atom stereocenters. The molecule has 0 aliphatic rings. The maximum Gasteiger partial charge on any atom is 0.137 e. The van der Waals surface area contributed by atoms with Gasteiger partial charge in [-0.1, -0.05) is 12.8 Å². The Morgan fingerprint density at radius 2 is 2.00 bits per heavy atom. The van der Waals surface area contributed by atoms with Crippen molar-refractivity contribution < 1.29 is 0 Å². The Labute approximate surface area is 124 Å². The predicted octanol–water partition coefficient (Wildman–Crippen LogP) is 3.55. The van der Waals surface area contributed by atoms with Gasteiger partial charge in [0.05, 0.1) is 5.52 Å². The van der Waals surface area contributed by atoms with E-state index in [9.17, 15) is 0 Å². The minimum Gasteiger partial charge on any atom is -0.399 e. The number of fused-ring (bicyclic) bond motifs is 1. The Kier molecular flexibility index (Phi) is 5.92. The van der Waals surface area contributed by atoms with Crippen molar-refractivity contribution in [1.29, 1.82) is 0 Å². The zero-order valence-corrected chi connectivity index (χ0v) is 12.7. The molecular formula is C15H22N4S. The van der Waals surface area contributed by atoms with Crippen molar-refractivity contribution in [2.45, 2.75) is 25.7 Å². The monoisotopic (exact) mass is 290 g/mol. The molecule has 2 rings (SSSR count). The minimum atomic E-state index is 0.743. The summed E-state index contributed by atoms with van der Waals surface area (Å²) < 4.78 is 0. The van der Waals surface area contributed by atoms with Crippen molar-refractivity contribution in [3.63, 3.8) is 0 Å². The largest absolute Gasteiger partial charge is 0.399 e. The van der Waals surface area contributed by atoms with Gasteiger partial charge in [-0.2, -0.15) is 11.8 Å². The van der Waals surface area contributed by atoms with Crippen molar-refractivity contribution in [3.05, 3.63) is 24.5 Å². The second kappa shape index (κ2) is 7.94. The van der Waals surface area contributed by atoms with Crippen LogP contribution in [0.1, 0.15) is 25.7 Å². The van der Waals surface area contributed by atoms with Crippen molar-refractivity contribution >= 4 is 34.2 Å². The van der Waals surface area contributed by atoms with E-state index < -0.39 is 0 Å². The molecule has 2 aromatic rings. The number of anilines is 2. The molecule has 0 unspecified atom stereocenters.